The first-order chi connectivity index (χ1) is 14.5. The van der Waals surface area contributed by atoms with Crippen LogP contribution in [0.5, 0.6) is 11.5 Å². The van der Waals surface area contributed by atoms with E-state index in [9.17, 15) is 9.18 Å². The molecule has 5 nitrogen and oxygen atoms in total. The minimum Gasteiger partial charge on any atom is -0.477 e. The summed E-state index contributed by atoms with van der Waals surface area (Å²) in [5, 5.41) is 0.221. The molecule has 0 spiro atoms. The van der Waals surface area contributed by atoms with Crippen molar-refractivity contribution in [3.63, 3.8) is 0 Å². The van der Waals surface area contributed by atoms with Crippen LogP contribution in [-0.2, 0) is 11.3 Å². The van der Waals surface area contributed by atoms with E-state index in [0.29, 0.717) is 24.6 Å². The lowest BCUT2D eigenvalue weighted by Gasteiger charge is -2.31. The number of hydrogen-bond donors (Lipinski definition) is 0. The summed E-state index contributed by atoms with van der Waals surface area (Å²) >= 11 is 6.10. The summed E-state index contributed by atoms with van der Waals surface area (Å²) in [4.78, 5) is 15.2. The number of halogens is 2. The summed E-state index contributed by atoms with van der Waals surface area (Å²) in [5.41, 5.74) is 2.32. The monoisotopic (exact) mass is 429 g/mol. The van der Waals surface area contributed by atoms with Gasteiger partial charge in [0.15, 0.2) is 5.76 Å². The lowest BCUT2D eigenvalue weighted by Crippen LogP contribution is -2.37. The molecule has 30 heavy (non-hydrogen) atoms. The van der Waals surface area contributed by atoms with Crippen molar-refractivity contribution in [1.29, 1.82) is 0 Å². The second-order valence-electron chi connectivity index (χ2n) is 7.86. The van der Waals surface area contributed by atoms with Gasteiger partial charge in [-0.1, -0.05) is 17.7 Å². The molecular weight excluding hydrogens is 409 g/mol. The SMILES string of the molecule is Cc1c2c(cc3c1O/C(=C\c1c(F)cccc1Cl)C3=O)CN(CC1CCCO1)CO2. The molecule has 0 radical (unpaired) electrons. The summed E-state index contributed by atoms with van der Waals surface area (Å²) in [6, 6.07) is 6.21. The molecule has 3 heterocycles. The van der Waals surface area contributed by atoms with Gasteiger partial charge in [0, 0.05) is 36.4 Å². The average molecular weight is 430 g/mol. The van der Waals surface area contributed by atoms with E-state index in [0.717, 1.165) is 42.9 Å². The molecule has 0 amide bonds. The van der Waals surface area contributed by atoms with E-state index in [-0.39, 0.29) is 28.2 Å². The standard InChI is InChI=1S/C23H21ClFNO4/c1-13-22-14(10-26(12-29-22)11-15-4-3-7-28-15)8-17-21(27)20(30-23(13)17)9-16-18(24)5-2-6-19(16)25/h2,5-6,8-9,15H,3-4,7,10-12H2,1H3/b20-9-. The molecule has 2 aromatic carbocycles. The molecule has 0 aliphatic carbocycles. The number of hydrogen-bond acceptors (Lipinski definition) is 5. The predicted octanol–water partition coefficient (Wildman–Crippen LogP) is 4.73. The normalized spacial score (nSPS) is 22.0. The van der Waals surface area contributed by atoms with E-state index < -0.39 is 5.82 Å². The van der Waals surface area contributed by atoms with Gasteiger partial charge in [0.1, 0.15) is 24.0 Å². The molecule has 1 fully saturated rings. The third-order valence-electron chi connectivity index (χ3n) is 5.76. The fourth-order valence-corrected chi connectivity index (χ4v) is 4.49. The molecule has 1 atom stereocenters. The van der Waals surface area contributed by atoms with Gasteiger partial charge >= 0.3 is 0 Å². The molecular formula is C23H21ClFNO4. The van der Waals surface area contributed by atoms with Gasteiger partial charge in [0.25, 0.3) is 0 Å². The second kappa shape index (κ2) is 7.69. The summed E-state index contributed by atoms with van der Waals surface area (Å²) in [6.45, 7) is 4.63. The van der Waals surface area contributed by atoms with Crippen LogP contribution in [0.4, 0.5) is 4.39 Å². The Morgan fingerprint density at radius 3 is 2.97 bits per heavy atom. The topological polar surface area (TPSA) is 48.0 Å². The van der Waals surface area contributed by atoms with Crippen LogP contribution < -0.4 is 9.47 Å². The zero-order valence-electron chi connectivity index (χ0n) is 16.5. The van der Waals surface area contributed by atoms with Gasteiger partial charge in [-0.3, -0.25) is 9.69 Å². The number of ether oxygens (including phenoxy) is 3. The van der Waals surface area contributed by atoms with E-state index >= 15 is 0 Å². The number of carbonyl (C=O) groups excluding carboxylic acids is 1. The van der Waals surface area contributed by atoms with Gasteiger partial charge in [-0.25, -0.2) is 4.39 Å². The molecule has 7 heteroatoms. The fraction of sp³-hybridized carbons (Fsp3) is 0.348. The predicted molar refractivity (Wildman–Crippen MR) is 110 cm³/mol. The Balaban J connectivity index is 1.44. The molecule has 1 unspecified atom stereocenters. The van der Waals surface area contributed by atoms with Gasteiger partial charge in [-0.15, -0.1) is 0 Å². The molecule has 0 saturated carbocycles. The van der Waals surface area contributed by atoms with Crippen LogP contribution in [0, 0.1) is 12.7 Å². The van der Waals surface area contributed by atoms with Gasteiger partial charge in [0.05, 0.1) is 16.7 Å². The molecule has 0 N–H and O–H groups in total. The third-order valence-corrected chi connectivity index (χ3v) is 6.09. The first-order valence-corrected chi connectivity index (χ1v) is 10.4. The molecule has 2 aromatic rings. The average Bonchev–Trinajstić information content (AvgIpc) is 3.34. The number of ketones is 1. The summed E-state index contributed by atoms with van der Waals surface area (Å²) in [5.74, 6) is 0.469. The highest BCUT2D eigenvalue weighted by atomic mass is 35.5. The summed E-state index contributed by atoms with van der Waals surface area (Å²) in [6.07, 6.45) is 3.75. The van der Waals surface area contributed by atoms with Crippen molar-refractivity contribution in [1.82, 2.24) is 4.90 Å². The molecule has 3 aliphatic rings. The summed E-state index contributed by atoms with van der Waals surface area (Å²) in [7, 11) is 0. The van der Waals surface area contributed by atoms with Crippen molar-refractivity contribution in [2.75, 3.05) is 19.9 Å². The number of nitrogens with zero attached hydrogens (tertiary/aromatic N) is 1. The van der Waals surface area contributed by atoms with Gasteiger partial charge in [-0.05, 0) is 44.0 Å². The highest BCUT2D eigenvalue weighted by molar-refractivity contribution is 6.32. The first kappa shape index (κ1) is 19.5. The van der Waals surface area contributed by atoms with Crippen molar-refractivity contribution >= 4 is 23.5 Å². The number of fused-ring (bicyclic) bond motifs is 2. The Hall–Kier alpha value is -2.41. The molecule has 0 aromatic heterocycles. The quantitative estimate of drug-likeness (QED) is 0.660. The number of Topliss-reactive ketones (excluding diaryl/α,β-unsaturated/α-hetero) is 1. The minimum absolute atomic E-state index is 0.0543. The molecule has 1 saturated heterocycles. The smallest absolute Gasteiger partial charge is 0.231 e. The maximum atomic E-state index is 14.2. The van der Waals surface area contributed by atoms with Crippen LogP contribution in [0.1, 0.15) is 39.9 Å². The maximum Gasteiger partial charge on any atom is 0.231 e. The molecule has 5 rings (SSSR count). The minimum atomic E-state index is -0.508. The zero-order valence-corrected chi connectivity index (χ0v) is 17.3. The highest BCUT2D eigenvalue weighted by Crippen LogP contribution is 2.43. The van der Waals surface area contributed by atoms with E-state index in [1.807, 2.05) is 13.0 Å². The Morgan fingerprint density at radius 2 is 2.20 bits per heavy atom. The highest BCUT2D eigenvalue weighted by Gasteiger charge is 2.34. The third kappa shape index (κ3) is 3.39. The van der Waals surface area contributed by atoms with E-state index in [1.54, 1.807) is 6.07 Å². The Kier molecular flexibility index (Phi) is 5.01. The van der Waals surface area contributed by atoms with Crippen molar-refractivity contribution < 1.29 is 23.4 Å². The van der Waals surface area contributed by atoms with Crippen LogP contribution in [0.2, 0.25) is 5.02 Å². The largest absolute Gasteiger partial charge is 0.477 e. The van der Waals surface area contributed by atoms with Gasteiger partial charge < -0.3 is 14.2 Å². The number of benzene rings is 2. The van der Waals surface area contributed by atoms with Crippen molar-refractivity contribution in [3.05, 3.63) is 63.1 Å². The Bertz CT molecular complexity index is 1040. The van der Waals surface area contributed by atoms with E-state index in [1.165, 1.54) is 18.2 Å². The molecule has 3 aliphatic heterocycles. The van der Waals surface area contributed by atoms with Gasteiger partial charge in [-0.2, -0.15) is 0 Å². The Morgan fingerprint density at radius 1 is 1.33 bits per heavy atom. The lowest BCUT2D eigenvalue weighted by molar-refractivity contribution is 0.0276. The van der Waals surface area contributed by atoms with Gasteiger partial charge in [0.2, 0.25) is 5.78 Å². The fourth-order valence-electron chi connectivity index (χ4n) is 4.27. The van der Waals surface area contributed by atoms with Crippen LogP contribution in [0.3, 0.4) is 0 Å². The van der Waals surface area contributed by atoms with E-state index in [4.69, 9.17) is 25.8 Å². The van der Waals surface area contributed by atoms with Crippen LogP contribution in [-0.4, -0.2) is 36.7 Å². The first-order valence-electron chi connectivity index (χ1n) is 10.0. The zero-order chi connectivity index (χ0) is 20.8. The number of allylic oxidation sites excluding steroid dienone is 1. The molecule has 0 bridgehead atoms. The summed E-state index contributed by atoms with van der Waals surface area (Å²) < 4.78 is 31.7. The number of rotatable bonds is 3. The van der Waals surface area contributed by atoms with Crippen LogP contribution in [0.15, 0.2) is 30.0 Å². The van der Waals surface area contributed by atoms with Crippen molar-refractivity contribution in [2.45, 2.75) is 32.4 Å². The number of carbonyl (C=O) groups is 1. The molecule has 156 valence electrons. The second-order valence-corrected chi connectivity index (χ2v) is 8.27. The van der Waals surface area contributed by atoms with Crippen molar-refractivity contribution in [2.24, 2.45) is 0 Å². The van der Waals surface area contributed by atoms with Crippen molar-refractivity contribution in [3.8, 4) is 11.5 Å². The van der Waals surface area contributed by atoms with Crippen LogP contribution >= 0.6 is 11.6 Å². The maximum absolute atomic E-state index is 14.2. The van der Waals surface area contributed by atoms with Crippen LogP contribution in [0.25, 0.3) is 6.08 Å². The van der Waals surface area contributed by atoms with E-state index in [2.05, 4.69) is 4.90 Å². The lowest BCUT2D eigenvalue weighted by atomic mass is 10.00. The Labute approximate surface area is 179 Å².